The van der Waals surface area contributed by atoms with Crippen LogP contribution in [0, 0.1) is 5.82 Å². The fraction of sp³-hybridized carbons (Fsp3) is 0.150. The van der Waals surface area contributed by atoms with Gasteiger partial charge in [0.25, 0.3) is 16.6 Å². The quantitative estimate of drug-likeness (QED) is 0.154. The minimum absolute atomic E-state index is 0.0281. The van der Waals surface area contributed by atoms with Gasteiger partial charge in [-0.1, -0.05) is 6.07 Å². The molecule has 0 radical (unpaired) electrons. The number of methoxy groups -OCH3 is 1. The van der Waals surface area contributed by atoms with Crippen LogP contribution in [0.25, 0.3) is 5.78 Å². The van der Waals surface area contributed by atoms with E-state index in [-0.39, 0.29) is 35.1 Å². The highest BCUT2D eigenvalue weighted by Crippen LogP contribution is 2.15. The molecule has 0 saturated heterocycles. The predicted octanol–water partition coefficient (Wildman–Crippen LogP) is 0.468. The Morgan fingerprint density at radius 2 is 1.97 bits per heavy atom. The second-order valence-corrected chi connectivity index (χ2v) is 7.10. The van der Waals surface area contributed by atoms with Crippen molar-refractivity contribution < 1.29 is 23.8 Å². The number of carboxylic acid groups (broad SMARTS) is 1. The molecule has 2 aromatic carbocycles. The van der Waals surface area contributed by atoms with Crippen molar-refractivity contribution in [3.8, 4) is 0 Å². The number of nitrogen functional groups attached to an aromatic ring is 1. The molecular weight excluding hydrogens is 489 g/mol. The van der Waals surface area contributed by atoms with Crippen LogP contribution in [0.3, 0.4) is 0 Å². The highest BCUT2D eigenvalue weighted by atomic mass is 35.5. The minimum Gasteiger partial charge on any atom is -0.477 e. The van der Waals surface area contributed by atoms with Crippen LogP contribution >= 0.6 is 11.8 Å². The molecule has 0 aliphatic carbocycles. The smallest absolute Gasteiger partial charge is 0.356 e. The number of aromatic carboxylic acids is 1. The number of nitrogens with two attached hydrogens (primary N) is 1. The summed E-state index contributed by atoms with van der Waals surface area (Å²) < 4.78 is 19.2. The van der Waals surface area contributed by atoms with Crippen molar-refractivity contribution >= 4 is 40.9 Å². The maximum absolute atomic E-state index is 13.6. The lowest BCUT2D eigenvalue weighted by molar-refractivity contribution is 0.0590. The van der Waals surface area contributed by atoms with E-state index >= 15 is 0 Å². The Balaban J connectivity index is 0.000000198. The van der Waals surface area contributed by atoms with Crippen LogP contribution < -0.4 is 26.7 Å². The van der Waals surface area contributed by atoms with E-state index in [0.717, 1.165) is 16.1 Å². The van der Waals surface area contributed by atoms with Crippen LogP contribution in [0.5, 0.6) is 0 Å². The van der Waals surface area contributed by atoms with Crippen LogP contribution in [0.2, 0.25) is 0 Å². The summed E-state index contributed by atoms with van der Waals surface area (Å²) in [6.07, 6.45) is 1.17. The van der Waals surface area contributed by atoms with E-state index in [1.807, 2.05) is 0 Å². The molecule has 2 aromatic heterocycles. The Morgan fingerprint density at radius 3 is 2.60 bits per heavy atom. The zero-order valence-corrected chi connectivity index (χ0v) is 18.7. The third-order valence-electron chi connectivity index (χ3n) is 4.65. The maximum Gasteiger partial charge on any atom is 0.356 e. The molecule has 182 valence electrons. The largest absolute Gasteiger partial charge is 0.477 e. The summed E-state index contributed by atoms with van der Waals surface area (Å²) >= 11 is 5.38. The van der Waals surface area contributed by atoms with Crippen LogP contribution in [0.1, 0.15) is 32.1 Å². The predicted molar refractivity (Wildman–Crippen MR) is 121 cm³/mol. The number of hydrogen-bond acceptors (Lipinski definition) is 11. The maximum atomic E-state index is 13.6. The molecule has 0 unspecified atom stereocenters. The summed E-state index contributed by atoms with van der Waals surface area (Å²) in [4.78, 5) is 54.1. The normalized spacial score (nSPS) is 10.6. The van der Waals surface area contributed by atoms with E-state index in [1.165, 1.54) is 19.5 Å². The second kappa shape index (κ2) is 10.7. The molecular formula is C20H17ClFN7O6. The number of ether oxygens (including phenoxy) is 1. The van der Waals surface area contributed by atoms with Crippen molar-refractivity contribution in [2.45, 2.75) is 13.1 Å². The van der Waals surface area contributed by atoms with Gasteiger partial charge in [0.1, 0.15) is 23.5 Å². The van der Waals surface area contributed by atoms with Gasteiger partial charge >= 0.3 is 11.9 Å². The molecule has 0 spiro atoms. The molecule has 35 heavy (non-hydrogen) atoms. The molecule has 2 heterocycles. The summed E-state index contributed by atoms with van der Waals surface area (Å²) in [7, 11) is 1.19. The highest BCUT2D eigenvalue weighted by molar-refractivity contribution is 6.13. The van der Waals surface area contributed by atoms with Gasteiger partial charge in [-0.15, -0.1) is 0 Å². The van der Waals surface area contributed by atoms with Gasteiger partial charge in [-0.2, -0.15) is 14.6 Å². The van der Waals surface area contributed by atoms with E-state index in [4.69, 9.17) is 22.6 Å². The second-order valence-electron chi connectivity index (χ2n) is 6.83. The SMILES string of the molecule is COC(=O)c1cc(C(=O)O)nc2ncnn12.Nc1c(NCc2cc(CNCl)ccc2F)c(=O)c1=O. The number of esters is 1. The fourth-order valence-electron chi connectivity index (χ4n) is 2.89. The van der Waals surface area contributed by atoms with Gasteiger partial charge in [0, 0.05) is 24.7 Å². The van der Waals surface area contributed by atoms with E-state index in [1.54, 1.807) is 12.1 Å². The van der Waals surface area contributed by atoms with Crippen molar-refractivity contribution in [2.24, 2.45) is 0 Å². The van der Waals surface area contributed by atoms with Crippen LogP contribution in [0.4, 0.5) is 15.8 Å². The van der Waals surface area contributed by atoms with Crippen molar-refractivity contribution in [3.05, 3.63) is 79.4 Å². The summed E-state index contributed by atoms with van der Waals surface area (Å²) in [5.41, 5.74) is 4.75. The van der Waals surface area contributed by atoms with Crippen molar-refractivity contribution in [1.29, 1.82) is 0 Å². The number of hydrogen-bond donors (Lipinski definition) is 4. The summed E-state index contributed by atoms with van der Waals surface area (Å²) in [6.45, 7) is 0.452. The molecule has 0 bridgehead atoms. The van der Waals surface area contributed by atoms with Gasteiger partial charge in [-0.05, 0) is 29.5 Å². The monoisotopic (exact) mass is 505 g/mol. The zero-order chi connectivity index (χ0) is 25.7. The Morgan fingerprint density at radius 1 is 1.23 bits per heavy atom. The molecule has 13 nitrogen and oxygen atoms in total. The first-order valence-electron chi connectivity index (χ1n) is 9.63. The van der Waals surface area contributed by atoms with Crippen molar-refractivity contribution in [3.63, 3.8) is 0 Å². The van der Waals surface area contributed by atoms with Crippen LogP contribution in [0.15, 0.2) is 40.2 Å². The number of fused-ring (bicyclic) bond motifs is 1. The number of aromatic nitrogens is 4. The molecule has 0 saturated carbocycles. The van der Waals surface area contributed by atoms with Gasteiger partial charge in [0.2, 0.25) is 0 Å². The first kappa shape index (κ1) is 25.2. The average Bonchev–Trinajstić information content (AvgIpc) is 3.34. The third kappa shape index (κ3) is 5.39. The molecule has 0 atom stereocenters. The average molecular weight is 506 g/mol. The molecule has 4 rings (SSSR count). The number of carbonyl (C=O) groups is 2. The summed E-state index contributed by atoms with van der Waals surface area (Å²) in [6, 6.07) is 5.60. The lowest BCUT2D eigenvalue weighted by Gasteiger charge is -2.11. The first-order chi connectivity index (χ1) is 16.7. The lowest BCUT2D eigenvalue weighted by atomic mass is 10.1. The Bertz CT molecular complexity index is 1480. The van der Waals surface area contributed by atoms with E-state index in [2.05, 4.69) is 30.0 Å². The van der Waals surface area contributed by atoms with Gasteiger partial charge in [-0.3, -0.25) is 9.59 Å². The highest BCUT2D eigenvalue weighted by Gasteiger charge is 2.18. The number of benzene rings is 1. The topological polar surface area (TPSA) is 191 Å². The number of anilines is 2. The van der Waals surface area contributed by atoms with Crippen molar-refractivity contribution in [1.82, 2.24) is 24.4 Å². The fourth-order valence-corrected chi connectivity index (χ4v) is 3.05. The van der Waals surface area contributed by atoms with E-state index < -0.39 is 28.6 Å². The van der Waals surface area contributed by atoms with Crippen LogP contribution in [-0.4, -0.2) is 43.7 Å². The Labute approximate surface area is 200 Å². The van der Waals surface area contributed by atoms with E-state index in [0.29, 0.717) is 12.1 Å². The Kier molecular flexibility index (Phi) is 7.68. The number of halogens is 2. The summed E-state index contributed by atoms with van der Waals surface area (Å²) in [5.74, 6) is -2.35. The minimum atomic E-state index is -1.25. The van der Waals surface area contributed by atoms with Crippen molar-refractivity contribution in [2.75, 3.05) is 18.2 Å². The first-order valence-corrected chi connectivity index (χ1v) is 10.0. The van der Waals surface area contributed by atoms with E-state index in [9.17, 15) is 23.6 Å². The van der Waals surface area contributed by atoms with Gasteiger partial charge in [0.05, 0.1) is 7.11 Å². The number of rotatable bonds is 7. The van der Waals surface area contributed by atoms with Gasteiger partial charge < -0.3 is 20.9 Å². The lowest BCUT2D eigenvalue weighted by Crippen LogP contribution is -2.37. The molecule has 15 heteroatoms. The third-order valence-corrected chi connectivity index (χ3v) is 4.78. The molecule has 0 amide bonds. The molecule has 5 N–H and O–H groups in total. The molecule has 4 aromatic rings. The van der Waals surface area contributed by atoms with Crippen LogP contribution in [-0.2, 0) is 17.8 Å². The molecule has 0 aliphatic heterocycles. The summed E-state index contributed by atoms with van der Waals surface area (Å²) in [5, 5.41) is 15.2. The Hall–Kier alpha value is -4.43. The number of nitrogens with zero attached hydrogens (tertiary/aromatic N) is 4. The van der Waals surface area contributed by atoms with Gasteiger partial charge in [0.15, 0.2) is 11.4 Å². The van der Waals surface area contributed by atoms with Gasteiger partial charge in [-0.25, -0.2) is 23.8 Å². The molecule has 0 fully saturated rings. The number of nitrogens with one attached hydrogen (secondary N) is 2. The molecule has 0 aliphatic rings. The number of carbonyl (C=O) groups excluding carboxylic acids is 1. The standard InChI is InChI=1S/C12H11ClFN3O2.C8H6N4O4/c13-17-4-6-1-2-8(14)7(3-6)5-16-10-9(15)11(18)12(10)19;1-16-7(15)5-2-4(6(13)14)11-8-9-3-10-12(5)8/h1-3,16-17H,4-5,15H2;2-3H,1H3,(H,13,14). The zero-order valence-electron chi connectivity index (χ0n) is 17.9. The number of carboxylic acids is 1.